The number of H-pyrrole nitrogens is 1. The smallest absolute Gasteiger partial charge is 0.339 e. The summed E-state index contributed by atoms with van der Waals surface area (Å²) in [5.41, 5.74) is 1.40. The highest BCUT2D eigenvalue weighted by Crippen LogP contribution is 2.40. The second-order valence-corrected chi connectivity index (χ2v) is 4.61. The molecular formula is C11H10ClN3O2. The van der Waals surface area contributed by atoms with E-state index in [1.54, 1.807) is 0 Å². The second kappa shape index (κ2) is 3.70. The van der Waals surface area contributed by atoms with Gasteiger partial charge in [0.05, 0.1) is 11.1 Å². The number of aromatic nitrogens is 3. The zero-order valence-corrected chi connectivity index (χ0v) is 9.66. The van der Waals surface area contributed by atoms with Gasteiger partial charge in [0.2, 0.25) is 0 Å². The molecule has 0 saturated heterocycles. The quantitative estimate of drug-likeness (QED) is 0.860. The highest BCUT2D eigenvalue weighted by atomic mass is 35.5. The van der Waals surface area contributed by atoms with Crippen molar-refractivity contribution in [2.45, 2.75) is 25.2 Å². The van der Waals surface area contributed by atoms with Crippen LogP contribution in [0.5, 0.6) is 0 Å². The van der Waals surface area contributed by atoms with Gasteiger partial charge < -0.3 is 10.1 Å². The van der Waals surface area contributed by atoms with Crippen molar-refractivity contribution in [3.05, 3.63) is 22.7 Å². The summed E-state index contributed by atoms with van der Waals surface area (Å²) in [6, 6.07) is 0. The van der Waals surface area contributed by atoms with E-state index in [9.17, 15) is 9.90 Å². The van der Waals surface area contributed by atoms with E-state index < -0.39 is 5.97 Å². The molecular weight excluding hydrogens is 242 g/mol. The molecule has 0 atom stereocenters. The van der Waals surface area contributed by atoms with Crippen LogP contribution < -0.4 is 0 Å². The Morgan fingerprint density at radius 2 is 2.24 bits per heavy atom. The zero-order chi connectivity index (χ0) is 12.0. The van der Waals surface area contributed by atoms with Crippen LogP contribution in [-0.2, 0) is 0 Å². The maximum absolute atomic E-state index is 11.2. The van der Waals surface area contributed by atoms with Crippen molar-refractivity contribution in [1.29, 1.82) is 0 Å². The zero-order valence-electron chi connectivity index (χ0n) is 8.90. The maximum atomic E-state index is 11.2. The average Bonchev–Trinajstić information content (AvgIpc) is 2.52. The molecule has 0 radical (unpaired) electrons. The van der Waals surface area contributed by atoms with Crippen molar-refractivity contribution in [1.82, 2.24) is 15.0 Å². The number of aromatic carboxylic acids is 1. The van der Waals surface area contributed by atoms with Crippen LogP contribution in [0, 0.1) is 0 Å². The van der Waals surface area contributed by atoms with Gasteiger partial charge in [-0.1, -0.05) is 18.0 Å². The van der Waals surface area contributed by atoms with Crippen LogP contribution in [0.2, 0.25) is 5.15 Å². The minimum absolute atomic E-state index is 0.0872. The molecule has 6 heteroatoms. The van der Waals surface area contributed by atoms with Crippen LogP contribution >= 0.6 is 11.6 Å². The number of carbonyl (C=O) groups is 1. The summed E-state index contributed by atoms with van der Waals surface area (Å²) in [4.78, 5) is 22.3. The van der Waals surface area contributed by atoms with Crippen LogP contribution in [0.25, 0.3) is 11.0 Å². The van der Waals surface area contributed by atoms with E-state index in [-0.39, 0.29) is 10.7 Å². The number of carboxylic acid groups (broad SMARTS) is 1. The molecule has 3 rings (SSSR count). The van der Waals surface area contributed by atoms with E-state index in [2.05, 4.69) is 15.0 Å². The first kappa shape index (κ1) is 10.5. The van der Waals surface area contributed by atoms with Crippen LogP contribution in [0.15, 0.2) is 6.33 Å². The van der Waals surface area contributed by atoms with Crippen molar-refractivity contribution in [2.75, 3.05) is 0 Å². The molecule has 1 saturated carbocycles. The lowest BCUT2D eigenvalue weighted by atomic mass is 9.81. The van der Waals surface area contributed by atoms with E-state index in [1.165, 1.54) is 6.33 Å². The van der Waals surface area contributed by atoms with Gasteiger partial charge in [-0.05, 0) is 12.8 Å². The third-order valence-corrected chi connectivity index (χ3v) is 3.56. The van der Waals surface area contributed by atoms with Crippen LogP contribution in [0.1, 0.15) is 41.2 Å². The standard InChI is InChI=1S/C11H10ClN3O2/c12-9-7(11(16)17)6-8(5-2-1-3-5)13-4-14-10(6)15-9/h4-5H,1-3H2,(H,16,17)(H,13,14,15). The van der Waals surface area contributed by atoms with Gasteiger partial charge in [-0.15, -0.1) is 0 Å². The van der Waals surface area contributed by atoms with Gasteiger partial charge in [0.25, 0.3) is 0 Å². The number of carboxylic acids is 1. The molecule has 0 spiro atoms. The molecule has 0 aliphatic heterocycles. The number of aromatic amines is 1. The summed E-state index contributed by atoms with van der Waals surface area (Å²) in [5.74, 6) is -0.706. The second-order valence-electron chi connectivity index (χ2n) is 4.23. The summed E-state index contributed by atoms with van der Waals surface area (Å²) in [6.07, 6.45) is 4.72. The SMILES string of the molecule is O=C(O)c1c(Cl)[nH]c2ncnc(C3CCC3)c12. The minimum atomic E-state index is -1.04. The molecule has 1 aliphatic carbocycles. The van der Waals surface area contributed by atoms with Crippen LogP contribution in [-0.4, -0.2) is 26.0 Å². The normalized spacial score (nSPS) is 16.1. The Labute approximate surface area is 102 Å². The van der Waals surface area contributed by atoms with Crippen molar-refractivity contribution < 1.29 is 9.90 Å². The number of hydrogen-bond acceptors (Lipinski definition) is 3. The Hall–Kier alpha value is -1.62. The third kappa shape index (κ3) is 1.50. The summed E-state index contributed by atoms with van der Waals surface area (Å²) in [6.45, 7) is 0. The Morgan fingerprint density at radius 3 is 2.82 bits per heavy atom. The highest BCUT2D eigenvalue weighted by Gasteiger charge is 2.28. The number of nitrogens with zero attached hydrogens (tertiary/aromatic N) is 2. The third-order valence-electron chi connectivity index (χ3n) is 3.28. The highest BCUT2D eigenvalue weighted by molar-refractivity contribution is 6.34. The summed E-state index contributed by atoms with van der Waals surface area (Å²) in [7, 11) is 0. The molecule has 88 valence electrons. The van der Waals surface area contributed by atoms with E-state index in [4.69, 9.17) is 11.6 Å². The topological polar surface area (TPSA) is 78.9 Å². The van der Waals surface area contributed by atoms with E-state index in [0.29, 0.717) is 17.0 Å². The molecule has 0 unspecified atom stereocenters. The van der Waals surface area contributed by atoms with Crippen molar-refractivity contribution in [3.63, 3.8) is 0 Å². The van der Waals surface area contributed by atoms with Crippen molar-refractivity contribution in [3.8, 4) is 0 Å². The molecule has 2 heterocycles. The van der Waals surface area contributed by atoms with Crippen molar-refractivity contribution >= 4 is 28.6 Å². The van der Waals surface area contributed by atoms with Crippen LogP contribution in [0.4, 0.5) is 0 Å². The lowest BCUT2D eigenvalue weighted by Gasteiger charge is -2.25. The molecule has 5 nitrogen and oxygen atoms in total. The first-order valence-electron chi connectivity index (χ1n) is 5.44. The van der Waals surface area contributed by atoms with E-state index in [1.807, 2.05) is 0 Å². The van der Waals surface area contributed by atoms with E-state index >= 15 is 0 Å². The fourth-order valence-electron chi connectivity index (χ4n) is 2.21. The molecule has 17 heavy (non-hydrogen) atoms. The summed E-state index contributed by atoms with van der Waals surface area (Å²) < 4.78 is 0. The molecule has 1 aliphatic rings. The number of hydrogen-bond donors (Lipinski definition) is 2. The predicted octanol–water partition coefficient (Wildman–Crippen LogP) is 2.58. The Balaban J connectivity index is 2.31. The van der Waals surface area contributed by atoms with Gasteiger partial charge in [-0.2, -0.15) is 0 Å². The number of fused-ring (bicyclic) bond motifs is 1. The Bertz CT molecular complexity index is 604. The first-order valence-corrected chi connectivity index (χ1v) is 5.81. The predicted molar refractivity (Wildman–Crippen MR) is 62.5 cm³/mol. The number of nitrogens with one attached hydrogen (secondary N) is 1. The Kier molecular flexibility index (Phi) is 2.29. The summed E-state index contributed by atoms with van der Waals surface area (Å²) >= 11 is 5.90. The fourth-order valence-corrected chi connectivity index (χ4v) is 2.47. The lowest BCUT2D eigenvalue weighted by molar-refractivity contribution is 0.0699. The van der Waals surface area contributed by atoms with Crippen molar-refractivity contribution in [2.24, 2.45) is 0 Å². The molecule has 2 N–H and O–H groups in total. The monoisotopic (exact) mass is 251 g/mol. The molecule has 0 amide bonds. The minimum Gasteiger partial charge on any atom is -0.478 e. The van der Waals surface area contributed by atoms with Crippen LogP contribution in [0.3, 0.4) is 0 Å². The Morgan fingerprint density at radius 1 is 1.47 bits per heavy atom. The van der Waals surface area contributed by atoms with Gasteiger partial charge in [0.1, 0.15) is 22.7 Å². The average molecular weight is 252 g/mol. The molecule has 0 aromatic carbocycles. The van der Waals surface area contributed by atoms with Gasteiger partial charge >= 0.3 is 5.97 Å². The number of halogens is 1. The largest absolute Gasteiger partial charge is 0.478 e. The van der Waals surface area contributed by atoms with E-state index in [0.717, 1.165) is 25.0 Å². The van der Waals surface area contributed by atoms with Gasteiger partial charge in [0, 0.05) is 5.92 Å². The lowest BCUT2D eigenvalue weighted by Crippen LogP contribution is -2.12. The fraction of sp³-hybridized carbons (Fsp3) is 0.364. The number of rotatable bonds is 2. The summed E-state index contributed by atoms with van der Waals surface area (Å²) in [5, 5.41) is 9.87. The van der Waals surface area contributed by atoms with Gasteiger partial charge in [-0.3, -0.25) is 0 Å². The molecule has 2 aromatic heterocycles. The maximum Gasteiger partial charge on any atom is 0.339 e. The molecule has 1 fully saturated rings. The molecule has 0 bridgehead atoms. The van der Waals surface area contributed by atoms with Gasteiger partial charge in [-0.25, -0.2) is 14.8 Å². The molecule has 2 aromatic rings. The first-order chi connectivity index (χ1) is 8.18. The van der Waals surface area contributed by atoms with Gasteiger partial charge in [0.15, 0.2) is 0 Å².